The maximum absolute atomic E-state index is 12.3. The molecule has 2 N–H and O–H groups in total. The molecule has 9 heteroatoms. The van der Waals surface area contributed by atoms with Gasteiger partial charge in [-0.1, -0.05) is 17.7 Å². The van der Waals surface area contributed by atoms with Gasteiger partial charge >= 0.3 is 0 Å². The molecule has 1 aromatic heterocycles. The lowest BCUT2D eigenvalue weighted by Gasteiger charge is -2.22. The first-order chi connectivity index (χ1) is 15.0. The number of benzene rings is 1. The minimum atomic E-state index is -0.265. The van der Waals surface area contributed by atoms with Crippen molar-refractivity contribution in [1.82, 2.24) is 15.6 Å². The summed E-state index contributed by atoms with van der Waals surface area (Å²) < 4.78 is 16.5. The summed E-state index contributed by atoms with van der Waals surface area (Å²) in [6.45, 7) is 4.68. The largest absolute Gasteiger partial charge is 0.489 e. The Morgan fingerprint density at radius 1 is 1.32 bits per heavy atom. The summed E-state index contributed by atoms with van der Waals surface area (Å²) in [5.41, 5.74) is 3.41. The van der Waals surface area contributed by atoms with E-state index in [0.29, 0.717) is 68.0 Å². The minimum absolute atomic E-state index is 0.140. The van der Waals surface area contributed by atoms with Gasteiger partial charge in [0.05, 0.1) is 43.1 Å². The number of nitrogens with zero attached hydrogens (tertiary/aromatic N) is 1. The number of pyridine rings is 1. The molecule has 1 fully saturated rings. The molecule has 2 amide bonds. The highest BCUT2D eigenvalue weighted by Gasteiger charge is 2.23. The maximum atomic E-state index is 12.3. The van der Waals surface area contributed by atoms with Crippen LogP contribution in [0.5, 0.6) is 5.75 Å². The first kappa shape index (κ1) is 21.5. The average molecular weight is 446 g/mol. The normalized spacial score (nSPS) is 18.4. The second kappa shape index (κ2) is 9.64. The topological polar surface area (TPSA) is 98.8 Å². The second-order valence-corrected chi connectivity index (χ2v) is 7.84. The van der Waals surface area contributed by atoms with Gasteiger partial charge in [-0.05, 0) is 42.2 Å². The van der Waals surface area contributed by atoms with Gasteiger partial charge in [0, 0.05) is 12.7 Å². The molecule has 2 aliphatic rings. The number of nitrogens with one attached hydrogen (secondary N) is 2. The molecule has 3 heterocycles. The number of hydrogen-bond acceptors (Lipinski definition) is 6. The van der Waals surface area contributed by atoms with Gasteiger partial charge in [-0.25, -0.2) is 0 Å². The van der Waals surface area contributed by atoms with E-state index in [1.807, 2.05) is 19.1 Å². The predicted molar refractivity (Wildman–Crippen MR) is 114 cm³/mol. The second-order valence-electron chi connectivity index (χ2n) is 7.46. The summed E-state index contributed by atoms with van der Waals surface area (Å²) in [6, 6.07) is 5.33. The number of carbonyl (C=O) groups excluding carboxylic acids is 2. The van der Waals surface area contributed by atoms with Crippen molar-refractivity contribution in [2.75, 3.05) is 39.5 Å². The molecule has 0 aliphatic carbocycles. The molecule has 8 nitrogen and oxygen atoms in total. The van der Waals surface area contributed by atoms with Crippen LogP contribution >= 0.6 is 11.6 Å². The monoisotopic (exact) mass is 445 g/mol. The Balaban J connectivity index is 1.44. The highest BCUT2D eigenvalue weighted by molar-refractivity contribution is 6.33. The van der Waals surface area contributed by atoms with Crippen molar-refractivity contribution in [2.24, 2.45) is 0 Å². The molecular formula is C22H24ClN3O5. The Kier molecular flexibility index (Phi) is 6.70. The smallest absolute Gasteiger partial charge is 0.269 e. The third-order valence-corrected chi connectivity index (χ3v) is 5.73. The predicted octanol–water partition coefficient (Wildman–Crippen LogP) is 1.90. The highest BCUT2D eigenvalue weighted by atomic mass is 35.5. The van der Waals surface area contributed by atoms with E-state index < -0.39 is 0 Å². The van der Waals surface area contributed by atoms with Crippen LogP contribution in [0.2, 0.25) is 5.02 Å². The summed E-state index contributed by atoms with van der Waals surface area (Å²) in [7, 11) is 0. The van der Waals surface area contributed by atoms with E-state index in [1.54, 1.807) is 12.3 Å². The number of fused-ring (bicyclic) bond motifs is 1. The van der Waals surface area contributed by atoms with E-state index in [2.05, 4.69) is 15.6 Å². The van der Waals surface area contributed by atoms with Gasteiger partial charge in [-0.3, -0.25) is 14.6 Å². The molecule has 2 aliphatic heterocycles. The van der Waals surface area contributed by atoms with Crippen LogP contribution in [0.15, 0.2) is 24.4 Å². The summed E-state index contributed by atoms with van der Waals surface area (Å²) in [5, 5.41) is 6.06. The molecule has 1 unspecified atom stereocenters. The zero-order valence-corrected chi connectivity index (χ0v) is 18.0. The van der Waals surface area contributed by atoms with Gasteiger partial charge in [0.15, 0.2) is 5.75 Å². The summed E-state index contributed by atoms with van der Waals surface area (Å²) in [5.74, 6) is -0.0395. The van der Waals surface area contributed by atoms with Gasteiger partial charge < -0.3 is 24.8 Å². The van der Waals surface area contributed by atoms with Gasteiger partial charge in [-0.2, -0.15) is 0 Å². The third-order valence-electron chi connectivity index (χ3n) is 5.28. The lowest BCUT2D eigenvalue weighted by atomic mass is 9.97. The Morgan fingerprint density at radius 3 is 2.94 bits per heavy atom. The number of rotatable bonds is 5. The quantitative estimate of drug-likeness (QED) is 0.729. The Hall–Kier alpha value is -2.68. The number of amides is 2. The Labute approximate surface area is 185 Å². The molecule has 31 heavy (non-hydrogen) atoms. The number of ether oxygens (including phenoxy) is 3. The van der Waals surface area contributed by atoms with Crippen LogP contribution in [0, 0.1) is 6.92 Å². The summed E-state index contributed by atoms with van der Waals surface area (Å²) in [6.07, 6.45) is 2.04. The maximum Gasteiger partial charge on any atom is 0.269 e. The number of hydrogen-bond donors (Lipinski definition) is 2. The fourth-order valence-corrected chi connectivity index (χ4v) is 3.80. The molecule has 164 valence electrons. The highest BCUT2D eigenvalue weighted by Crippen LogP contribution is 2.36. The Bertz CT molecular complexity index is 974. The molecule has 2 aromatic rings. The van der Waals surface area contributed by atoms with Crippen molar-refractivity contribution in [1.29, 1.82) is 0 Å². The van der Waals surface area contributed by atoms with Crippen LogP contribution in [0.4, 0.5) is 0 Å². The van der Waals surface area contributed by atoms with Gasteiger partial charge in [0.2, 0.25) is 0 Å². The van der Waals surface area contributed by atoms with E-state index in [-0.39, 0.29) is 17.9 Å². The van der Waals surface area contributed by atoms with E-state index >= 15 is 0 Å². The molecule has 1 saturated heterocycles. The lowest BCUT2D eigenvalue weighted by molar-refractivity contribution is -0.0855. The van der Waals surface area contributed by atoms with Crippen LogP contribution < -0.4 is 15.4 Å². The van der Waals surface area contributed by atoms with Crippen molar-refractivity contribution in [2.45, 2.75) is 19.4 Å². The van der Waals surface area contributed by atoms with E-state index in [4.69, 9.17) is 25.8 Å². The zero-order valence-electron chi connectivity index (χ0n) is 17.2. The number of carbonyl (C=O) groups is 2. The first-order valence-corrected chi connectivity index (χ1v) is 10.6. The van der Waals surface area contributed by atoms with Crippen molar-refractivity contribution >= 4 is 23.4 Å². The van der Waals surface area contributed by atoms with Gasteiger partial charge in [0.25, 0.3) is 11.8 Å². The van der Waals surface area contributed by atoms with Crippen LogP contribution in [0.1, 0.15) is 37.5 Å². The number of aromatic nitrogens is 1. The van der Waals surface area contributed by atoms with Gasteiger partial charge in [-0.15, -0.1) is 0 Å². The molecule has 0 bridgehead atoms. The molecule has 4 rings (SSSR count). The lowest BCUT2D eigenvalue weighted by Crippen LogP contribution is -2.39. The molecule has 0 saturated carbocycles. The standard InChI is InChI=1S/C22H24ClN3O5/c1-13-15(9-17-20(19(13)23)31-5-4-24-21(17)27)8-14-2-3-18(25-10-14)22(28)26-11-16-12-29-6-7-30-16/h2-3,9-10,16H,4-8,11-12H2,1H3,(H,24,27)(H,26,28). The van der Waals surface area contributed by atoms with Crippen molar-refractivity contribution in [3.05, 3.63) is 57.4 Å². The molecular weight excluding hydrogens is 422 g/mol. The van der Waals surface area contributed by atoms with Crippen molar-refractivity contribution in [3.63, 3.8) is 0 Å². The fourth-order valence-electron chi connectivity index (χ4n) is 3.52. The molecule has 0 radical (unpaired) electrons. The Morgan fingerprint density at radius 2 is 2.19 bits per heavy atom. The average Bonchev–Trinajstić information content (AvgIpc) is 2.98. The molecule has 1 atom stereocenters. The fraction of sp³-hybridized carbons (Fsp3) is 0.409. The van der Waals surface area contributed by atoms with E-state index in [1.165, 1.54) is 0 Å². The first-order valence-electron chi connectivity index (χ1n) is 10.2. The van der Waals surface area contributed by atoms with Crippen molar-refractivity contribution in [3.8, 4) is 5.75 Å². The van der Waals surface area contributed by atoms with Crippen molar-refractivity contribution < 1.29 is 23.8 Å². The van der Waals surface area contributed by atoms with Gasteiger partial charge in [0.1, 0.15) is 12.3 Å². The van der Waals surface area contributed by atoms with Crippen LogP contribution in [0.3, 0.4) is 0 Å². The third kappa shape index (κ3) is 4.98. The summed E-state index contributed by atoms with van der Waals surface area (Å²) >= 11 is 6.49. The molecule has 0 spiro atoms. The molecule has 1 aromatic carbocycles. The van der Waals surface area contributed by atoms with Crippen LogP contribution in [-0.4, -0.2) is 62.4 Å². The van der Waals surface area contributed by atoms with Crippen LogP contribution in [0.25, 0.3) is 0 Å². The van der Waals surface area contributed by atoms with E-state index in [9.17, 15) is 9.59 Å². The van der Waals surface area contributed by atoms with E-state index in [0.717, 1.165) is 16.7 Å². The van der Waals surface area contributed by atoms with Crippen LogP contribution in [-0.2, 0) is 15.9 Å². The SMILES string of the molecule is Cc1c(Cc2ccc(C(=O)NCC3COCCO3)nc2)cc2c(c1Cl)OCCNC2=O. The minimum Gasteiger partial charge on any atom is -0.489 e. The summed E-state index contributed by atoms with van der Waals surface area (Å²) in [4.78, 5) is 29.0. The number of halogens is 1. The zero-order chi connectivity index (χ0) is 21.8.